The van der Waals surface area contributed by atoms with Crippen molar-refractivity contribution in [1.82, 2.24) is 4.98 Å². The number of hydrogen-bond donors (Lipinski definition) is 1. The molecule has 0 spiro atoms. The number of rotatable bonds is 6. The van der Waals surface area contributed by atoms with E-state index in [0.29, 0.717) is 11.0 Å². The number of hydrogen-bond acceptors (Lipinski definition) is 3. The summed E-state index contributed by atoms with van der Waals surface area (Å²) in [6.45, 7) is 11.0. The maximum atomic E-state index is 12.3. The van der Waals surface area contributed by atoms with Crippen LogP contribution in [0.15, 0.2) is 60.0 Å². The lowest BCUT2D eigenvalue weighted by Crippen LogP contribution is -2.10. The van der Waals surface area contributed by atoms with Crippen LogP contribution < -0.4 is 5.32 Å². The quantitative estimate of drug-likeness (QED) is 0.440. The van der Waals surface area contributed by atoms with Gasteiger partial charge in [0.15, 0.2) is 5.13 Å². The van der Waals surface area contributed by atoms with Crippen LogP contribution in [0.3, 0.4) is 0 Å². The van der Waals surface area contributed by atoms with Crippen LogP contribution in [0.1, 0.15) is 51.3 Å². The van der Waals surface area contributed by atoms with Crippen LogP contribution in [0, 0.1) is 5.92 Å². The van der Waals surface area contributed by atoms with Crippen LogP contribution in [0.5, 0.6) is 0 Å². The van der Waals surface area contributed by atoms with E-state index < -0.39 is 0 Å². The largest absolute Gasteiger partial charge is 0.298 e. The number of anilines is 1. The van der Waals surface area contributed by atoms with E-state index in [1.807, 2.05) is 23.6 Å². The summed E-state index contributed by atoms with van der Waals surface area (Å²) in [5.74, 6) is 0.462. The average molecular weight is 419 g/mol. The number of nitrogens with zero attached hydrogens (tertiary/aromatic N) is 1. The summed E-state index contributed by atoms with van der Waals surface area (Å²) in [6, 6.07) is 16.8. The van der Waals surface area contributed by atoms with Crippen LogP contribution in [0.2, 0.25) is 0 Å². The Kier molecular flexibility index (Phi) is 6.88. The molecule has 1 heterocycles. The monoisotopic (exact) mass is 418 g/mol. The van der Waals surface area contributed by atoms with Crippen molar-refractivity contribution in [2.75, 3.05) is 5.32 Å². The first-order valence-electron chi connectivity index (χ1n) is 10.3. The summed E-state index contributed by atoms with van der Waals surface area (Å²) >= 11 is 1.44. The minimum atomic E-state index is -0.178. The number of amides is 1. The Morgan fingerprint density at radius 1 is 1.07 bits per heavy atom. The van der Waals surface area contributed by atoms with Gasteiger partial charge >= 0.3 is 0 Å². The van der Waals surface area contributed by atoms with Gasteiger partial charge < -0.3 is 0 Å². The van der Waals surface area contributed by atoms with E-state index in [1.165, 1.54) is 22.5 Å². The molecule has 3 rings (SSSR count). The minimum Gasteiger partial charge on any atom is -0.298 e. The van der Waals surface area contributed by atoms with E-state index in [-0.39, 0.29) is 11.3 Å². The zero-order chi connectivity index (χ0) is 21.7. The number of aromatic nitrogens is 1. The molecule has 0 aliphatic heterocycles. The lowest BCUT2D eigenvalue weighted by Gasteiger charge is -2.18. The molecule has 0 radical (unpaired) electrons. The maximum absolute atomic E-state index is 12.3. The molecule has 0 fully saturated rings. The van der Waals surface area contributed by atoms with Crippen LogP contribution in [0.4, 0.5) is 5.13 Å². The normalized spacial score (nSPS) is 11.9. The average Bonchev–Trinajstić information content (AvgIpc) is 3.14. The topological polar surface area (TPSA) is 42.0 Å². The first-order chi connectivity index (χ1) is 14.2. The molecule has 1 N–H and O–H groups in total. The lowest BCUT2D eigenvalue weighted by molar-refractivity contribution is -0.111. The van der Waals surface area contributed by atoms with Crippen molar-refractivity contribution in [3.63, 3.8) is 0 Å². The van der Waals surface area contributed by atoms with Crippen LogP contribution in [-0.2, 0) is 16.6 Å². The van der Waals surface area contributed by atoms with E-state index >= 15 is 0 Å². The molecule has 3 nitrogen and oxygen atoms in total. The van der Waals surface area contributed by atoms with Gasteiger partial charge in [-0.1, -0.05) is 83.1 Å². The van der Waals surface area contributed by atoms with Crippen molar-refractivity contribution >= 4 is 28.5 Å². The van der Waals surface area contributed by atoms with Gasteiger partial charge in [0, 0.05) is 17.0 Å². The van der Waals surface area contributed by atoms with Crippen LogP contribution in [0.25, 0.3) is 17.3 Å². The highest BCUT2D eigenvalue weighted by atomic mass is 32.1. The molecule has 0 aliphatic carbocycles. The summed E-state index contributed by atoms with van der Waals surface area (Å²) in [7, 11) is 0. The third-order valence-corrected chi connectivity index (χ3v) is 5.59. The Balaban J connectivity index is 1.60. The molecular weight excluding hydrogens is 388 g/mol. The highest BCUT2D eigenvalue weighted by molar-refractivity contribution is 7.14. The number of thiazole rings is 1. The molecule has 4 heteroatoms. The standard InChI is InChI=1S/C26H30N2OS/c1-18(2)16-20-6-11-21(12-7-20)23-17-30-25(27-23)28-24(29)15-10-19-8-13-22(14-9-19)26(3,4)5/h6-15,17-18H,16H2,1-5H3,(H,27,28,29). The van der Waals surface area contributed by atoms with Gasteiger partial charge in [-0.25, -0.2) is 4.98 Å². The van der Waals surface area contributed by atoms with Crippen molar-refractivity contribution in [3.05, 3.63) is 76.7 Å². The molecule has 0 unspecified atom stereocenters. The zero-order valence-electron chi connectivity index (χ0n) is 18.4. The predicted octanol–water partition coefficient (Wildman–Crippen LogP) is 6.96. The Morgan fingerprint density at radius 2 is 1.73 bits per heavy atom. The molecule has 0 bridgehead atoms. The van der Waals surface area contributed by atoms with E-state index in [4.69, 9.17) is 0 Å². The smallest absolute Gasteiger partial charge is 0.250 e. The first kappa shape index (κ1) is 22.0. The molecule has 0 aliphatic rings. The Hall–Kier alpha value is -2.72. The fourth-order valence-corrected chi connectivity index (χ4v) is 3.88. The second-order valence-electron chi connectivity index (χ2n) is 9.03. The molecule has 0 atom stereocenters. The van der Waals surface area contributed by atoms with Gasteiger partial charge in [0.2, 0.25) is 5.91 Å². The summed E-state index contributed by atoms with van der Waals surface area (Å²) < 4.78 is 0. The van der Waals surface area contributed by atoms with Gasteiger partial charge in [0.05, 0.1) is 5.69 Å². The fourth-order valence-electron chi connectivity index (χ4n) is 3.16. The number of nitrogens with one attached hydrogen (secondary N) is 1. The number of carbonyl (C=O) groups excluding carboxylic acids is 1. The summed E-state index contributed by atoms with van der Waals surface area (Å²) in [5, 5.41) is 5.44. The van der Waals surface area contributed by atoms with Crippen molar-refractivity contribution in [1.29, 1.82) is 0 Å². The number of carbonyl (C=O) groups is 1. The van der Waals surface area contributed by atoms with Gasteiger partial charge in [-0.05, 0) is 40.5 Å². The molecule has 30 heavy (non-hydrogen) atoms. The Bertz CT molecular complexity index is 1010. The molecule has 0 saturated heterocycles. The highest BCUT2D eigenvalue weighted by Gasteiger charge is 2.12. The van der Waals surface area contributed by atoms with Gasteiger partial charge in [0.25, 0.3) is 0 Å². The molecule has 3 aromatic rings. The fraction of sp³-hybridized carbons (Fsp3) is 0.308. The van der Waals surface area contributed by atoms with E-state index in [9.17, 15) is 4.79 Å². The molecule has 156 valence electrons. The van der Waals surface area contributed by atoms with Gasteiger partial charge in [-0.2, -0.15) is 0 Å². The third-order valence-electron chi connectivity index (χ3n) is 4.83. The van der Waals surface area contributed by atoms with Gasteiger partial charge in [-0.15, -0.1) is 11.3 Å². The molecule has 1 aromatic heterocycles. The number of benzene rings is 2. The Morgan fingerprint density at radius 3 is 2.33 bits per heavy atom. The van der Waals surface area contributed by atoms with Crippen molar-refractivity contribution in [2.45, 2.75) is 46.5 Å². The third kappa shape index (κ3) is 6.14. The van der Waals surface area contributed by atoms with Gasteiger partial charge in [-0.3, -0.25) is 10.1 Å². The van der Waals surface area contributed by atoms with E-state index in [1.54, 1.807) is 6.08 Å². The molecule has 0 saturated carbocycles. The highest BCUT2D eigenvalue weighted by Crippen LogP contribution is 2.26. The predicted molar refractivity (Wildman–Crippen MR) is 129 cm³/mol. The molecular formula is C26H30N2OS. The molecule has 2 aromatic carbocycles. The summed E-state index contributed by atoms with van der Waals surface area (Å²) in [5.41, 5.74) is 5.67. The van der Waals surface area contributed by atoms with E-state index in [2.05, 4.69) is 81.3 Å². The summed E-state index contributed by atoms with van der Waals surface area (Å²) in [4.78, 5) is 16.8. The lowest BCUT2D eigenvalue weighted by atomic mass is 9.87. The molecule has 1 amide bonds. The van der Waals surface area contributed by atoms with Crippen molar-refractivity contribution in [3.8, 4) is 11.3 Å². The SMILES string of the molecule is CC(C)Cc1ccc(-c2csc(NC(=O)C=Cc3ccc(C(C)(C)C)cc3)n2)cc1. The second kappa shape index (κ2) is 9.40. The summed E-state index contributed by atoms with van der Waals surface area (Å²) in [6.07, 6.45) is 4.45. The Labute approximate surface area is 183 Å². The minimum absolute atomic E-state index is 0.122. The maximum Gasteiger partial charge on any atom is 0.250 e. The van der Waals surface area contributed by atoms with Gasteiger partial charge in [0.1, 0.15) is 0 Å². The second-order valence-corrected chi connectivity index (χ2v) is 9.89. The first-order valence-corrected chi connectivity index (χ1v) is 11.2. The van der Waals surface area contributed by atoms with Crippen molar-refractivity contribution in [2.24, 2.45) is 5.92 Å². The van der Waals surface area contributed by atoms with Crippen LogP contribution >= 0.6 is 11.3 Å². The zero-order valence-corrected chi connectivity index (χ0v) is 19.2. The van der Waals surface area contributed by atoms with Crippen molar-refractivity contribution < 1.29 is 4.79 Å². The van der Waals surface area contributed by atoms with Crippen LogP contribution in [-0.4, -0.2) is 10.9 Å². The van der Waals surface area contributed by atoms with E-state index in [0.717, 1.165) is 23.2 Å².